The number of nitrogens with zero attached hydrogens (tertiary/aromatic N) is 3. The van der Waals surface area contributed by atoms with Crippen molar-refractivity contribution in [3.63, 3.8) is 0 Å². The molecule has 1 aromatic rings. The van der Waals surface area contributed by atoms with Gasteiger partial charge in [0.25, 0.3) is 5.91 Å². The van der Waals surface area contributed by atoms with Crippen LogP contribution in [0.5, 0.6) is 0 Å². The Morgan fingerprint density at radius 3 is 2.48 bits per heavy atom. The molecule has 1 aromatic heterocycles. The van der Waals surface area contributed by atoms with Gasteiger partial charge >= 0.3 is 0 Å². The van der Waals surface area contributed by atoms with Crippen molar-refractivity contribution in [1.82, 2.24) is 14.8 Å². The van der Waals surface area contributed by atoms with Crippen LogP contribution in [0.2, 0.25) is 0 Å². The van der Waals surface area contributed by atoms with Gasteiger partial charge in [-0.1, -0.05) is 6.92 Å². The third-order valence-corrected chi connectivity index (χ3v) is 7.30. The molecule has 4 fully saturated rings. The second-order valence-corrected chi connectivity index (χ2v) is 9.68. The Kier molecular flexibility index (Phi) is 3.50. The van der Waals surface area contributed by atoms with Gasteiger partial charge in [-0.3, -0.25) is 9.59 Å². The lowest BCUT2D eigenvalue weighted by molar-refractivity contribution is -0.158. The molecule has 2 atom stereocenters. The second-order valence-electron chi connectivity index (χ2n) is 8.82. The zero-order valence-corrected chi connectivity index (χ0v) is 15.6. The minimum atomic E-state index is 0.0805. The fourth-order valence-electron chi connectivity index (χ4n) is 4.80. The number of carbonyl (C=O) groups is 2. The number of aromatic nitrogens is 1. The Morgan fingerprint density at radius 2 is 1.84 bits per heavy atom. The van der Waals surface area contributed by atoms with Crippen molar-refractivity contribution in [3.05, 3.63) is 16.1 Å². The molecule has 1 spiro atoms. The average molecular weight is 359 g/mol. The number of hydrogen-bond donors (Lipinski definition) is 0. The highest BCUT2D eigenvalue weighted by Gasteiger charge is 2.55. The number of likely N-dealkylation sites (tertiary alicyclic amines) is 2. The molecule has 4 aliphatic rings. The van der Waals surface area contributed by atoms with Gasteiger partial charge in [-0.05, 0) is 38.0 Å². The molecule has 0 aromatic carbocycles. The van der Waals surface area contributed by atoms with Crippen LogP contribution in [-0.4, -0.2) is 52.8 Å². The smallest absolute Gasteiger partial charge is 0.282 e. The van der Waals surface area contributed by atoms with Crippen molar-refractivity contribution in [2.75, 3.05) is 26.2 Å². The van der Waals surface area contributed by atoms with Crippen molar-refractivity contribution >= 4 is 23.2 Å². The fourth-order valence-corrected chi connectivity index (χ4v) is 5.67. The highest BCUT2D eigenvalue weighted by Crippen LogP contribution is 2.43. The molecular weight excluding hydrogens is 334 g/mol. The maximum atomic E-state index is 12.6. The molecule has 5 rings (SSSR count). The minimum absolute atomic E-state index is 0.0805. The summed E-state index contributed by atoms with van der Waals surface area (Å²) in [4.78, 5) is 33.6. The molecular formula is C19H25N3O2S. The third kappa shape index (κ3) is 2.69. The Hall–Kier alpha value is -1.43. The molecule has 6 heteroatoms. The first-order valence-corrected chi connectivity index (χ1v) is 10.4. The van der Waals surface area contributed by atoms with Crippen molar-refractivity contribution in [1.29, 1.82) is 0 Å². The highest BCUT2D eigenvalue weighted by molar-refractivity contribution is 7.11. The van der Waals surface area contributed by atoms with Gasteiger partial charge in [0.05, 0.1) is 5.69 Å². The molecule has 25 heavy (non-hydrogen) atoms. The summed E-state index contributed by atoms with van der Waals surface area (Å²) in [7, 11) is 0. The van der Waals surface area contributed by atoms with E-state index in [1.165, 1.54) is 30.6 Å². The Balaban J connectivity index is 1.13. The van der Waals surface area contributed by atoms with Crippen LogP contribution in [0.15, 0.2) is 5.38 Å². The Morgan fingerprint density at radius 1 is 1.12 bits per heavy atom. The maximum absolute atomic E-state index is 12.6. The van der Waals surface area contributed by atoms with Crippen LogP contribution in [-0.2, 0) is 4.79 Å². The van der Waals surface area contributed by atoms with E-state index < -0.39 is 0 Å². The van der Waals surface area contributed by atoms with Gasteiger partial charge < -0.3 is 9.80 Å². The van der Waals surface area contributed by atoms with E-state index in [0.29, 0.717) is 22.8 Å². The van der Waals surface area contributed by atoms with Gasteiger partial charge in [-0.15, -0.1) is 11.3 Å². The zero-order chi connectivity index (χ0) is 17.2. The molecule has 0 radical (unpaired) electrons. The molecule has 2 amide bonds. The predicted octanol–water partition coefficient (Wildman–Crippen LogP) is 2.74. The van der Waals surface area contributed by atoms with Crippen molar-refractivity contribution < 1.29 is 9.59 Å². The van der Waals surface area contributed by atoms with Crippen molar-refractivity contribution in [2.45, 2.75) is 44.9 Å². The van der Waals surface area contributed by atoms with Crippen LogP contribution in [0.4, 0.5) is 0 Å². The summed E-state index contributed by atoms with van der Waals surface area (Å²) in [5, 5.41) is 2.69. The van der Waals surface area contributed by atoms with E-state index in [1.807, 2.05) is 15.2 Å². The highest BCUT2D eigenvalue weighted by atomic mass is 32.1. The van der Waals surface area contributed by atoms with E-state index >= 15 is 0 Å². The largest absolute Gasteiger partial charge is 0.341 e. The lowest BCUT2D eigenvalue weighted by Crippen LogP contribution is -2.74. The quantitative estimate of drug-likeness (QED) is 0.834. The lowest BCUT2D eigenvalue weighted by Gasteiger charge is -2.60. The summed E-state index contributed by atoms with van der Waals surface area (Å²) in [6, 6.07) is 0. The van der Waals surface area contributed by atoms with E-state index in [4.69, 9.17) is 0 Å². The van der Waals surface area contributed by atoms with E-state index in [-0.39, 0.29) is 17.2 Å². The van der Waals surface area contributed by atoms with Gasteiger partial charge in [-0.2, -0.15) is 0 Å². The molecule has 5 nitrogen and oxygen atoms in total. The zero-order valence-electron chi connectivity index (χ0n) is 14.7. The van der Waals surface area contributed by atoms with Crippen LogP contribution in [0, 0.1) is 17.3 Å². The van der Waals surface area contributed by atoms with E-state index in [9.17, 15) is 9.59 Å². The minimum Gasteiger partial charge on any atom is -0.341 e. The van der Waals surface area contributed by atoms with E-state index in [0.717, 1.165) is 44.7 Å². The normalized spacial score (nSPS) is 30.3. The Bertz CT molecular complexity index is 712. The van der Waals surface area contributed by atoms with Crippen molar-refractivity contribution in [3.8, 4) is 0 Å². The van der Waals surface area contributed by atoms with Gasteiger partial charge in [0, 0.05) is 48.8 Å². The van der Waals surface area contributed by atoms with Gasteiger partial charge in [0.2, 0.25) is 5.91 Å². The van der Waals surface area contributed by atoms with Crippen LogP contribution < -0.4 is 0 Å². The van der Waals surface area contributed by atoms with Crippen LogP contribution in [0.3, 0.4) is 0 Å². The van der Waals surface area contributed by atoms with E-state index in [2.05, 4.69) is 11.9 Å². The van der Waals surface area contributed by atoms with Crippen molar-refractivity contribution in [2.24, 2.45) is 17.3 Å². The molecule has 0 bridgehead atoms. The van der Waals surface area contributed by atoms with E-state index in [1.54, 1.807) is 0 Å². The summed E-state index contributed by atoms with van der Waals surface area (Å²) in [6.07, 6.45) is 5.73. The topological polar surface area (TPSA) is 53.5 Å². The molecule has 3 heterocycles. The summed E-state index contributed by atoms with van der Waals surface area (Å²) >= 11 is 1.48. The molecule has 2 aliphatic carbocycles. The van der Waals surface area contributed by atoms with Crippen LogP contribution >= 0.6 is 11.3 Å². The third-order valence-electron chi connectivity index (χ3n) is 6.45. The first-order valence-electron chi connectivity index (χ1n) is 9.56. The maximum Gasteiger partial charge on any atom is 0.282 e. The standard InChI is InChI=1S/C19H25N3O2S/c1-12-2-3-14(6-12)17(23)21-8-19(9-21)10-22(11-19)18(24)16-20-15(7-25-16)13-4-5-13/h7,12-14H,2-6,8-11H2,1H3. The van der Waals surface area contributed by atoms with Crippen LogP contribution in [0.25, 0.3) is 0 Å². The summed E-state index contributed by atoms with van der Waals surface area (Å²) in [5.41, 5.74) is 1.28. The first kappa shape index (κ1) is 15.8. The number of carbonyl (C=O) groups excluding carboxylic acids is 2. The van der Waals surface area contributed by atoms with Crippen LogP contribution in [0.1, 0.15) is 60.4 Å². The molecule has 2 aliphatic heterocycles. The predicted molar refractivity (Wildman–Crippen MR) is 95.5 cm³/mol. The monoisotopic (exact) mass is 359 g/mol. The number of amides is 2. The summed E-state index contributed by atoms with van der Waals surface area (Å²) in [5.74, 6) is 1.98. The average Bonchev–Trinajstić information content (AvgIpc) is 3.08. The SMILES string of the molecule is CC1CCC(C(=O)N2CC3(CN(C(=O)c4nc(C5CC5)cs4)C3)C2)C1. The number of hydrogen-bond acceptors (Lipinski definition) is 4. The van der Waals surface area contributed by atoms with Gasteiger partial charge in [-0.25, -0.2) is 4.98 Å². The number of rotatable bonds is 3. The summed E-state index contributed by atoms with van der Waals surface area (Å²) < 4.78 is 0. The molecule has 134 valence electrons. The Labute approximate surface area is 152 Å². The molecule has 2 saturated carbocycles. The molecule has 2 saturated heterocycles. The van der Waals surface area contributed by atoms with Gasteiger partial charge in [0.1, 0.15) is 0 Å². The molecule has 2 unspecified atom stereocenters. The summed E-state index contributed by atoms with van der Waals surface area (Å²) in [6.45, 7) is 5.50. The first-order chi connectivity index (χ1) is 12.0. The fraction of sp³-hybridized carbons (Fsp3) is 0.737. The second kappa shape index (κ2) is 5.53. The van der Waals surface area contributed by atoms with Gasteiger partial charge in [0.15, 0.2) is 5.01 Å². The number of thiazole rings is 1. The molecule has 0 N–H and O–H groups in total. The lowest BCUT2D eigenvalue weighted by atomic mass is 9.72.